The van der Waals surface area contributed by atoms with Crippen molar-refractivity contribution in [2.24, 2.45) is 0 Å². The second kappa shape index (κ2) is 16.0. The smallest absolute Gasteiger partial charge is 0.290 e. The number of aromatic nitrogens is 4. The average Bonchev–Trinajstić information content (AvgIpc) is 3.68. The Hall–Kier alpha value is -6.05. The van der Waals surface area contributed by atoms with Gasteiger partial charge in [0.15, 0.2) is 5.82 Å². The lowest BCUT2D eigenvalue weighted by atomic mass is 10.1. The Bertz CT molecular complexity index is 1860. The van der Waals surface area contributed by atoms with E-state index in [2.05, 4.69) is 20.7 Å². The maximum Gasteiger partial charge on any atom is 0.290 e. The molecule has 0 aliphatic heterocycles. The third kappa shape index (κ3) is 9.02. The van der Waals surface area contributed by atoms with Gasteiger partial charge in [-0.25, -0.2) is 24.5 Å². The summed E-state index contributed by atoms with van der Waals surface area (Å²) < 4.78 is 15.1. The van der Waals surface area contributed by atoms with Crippen LogP contribution in [0.15, 0.2) is 103 Å². The third-order valence-corrected chi connectivity index (χ3v) is 7.51. The van der Waals surface area contributed by atoms with E-state index in [1.807, 2.05) is 60.8 Å². The molecule has 0 radical (unpaired) electrons. The van der Waals surface area contributed by atoms with Gasteiger partial charge in [0.25, 0.3) is 18.3 Å². The molecule has 0 bridgehead atoms. The van der Waals surface area contributed by atoms with Crippen LogP contribution in [-0.2, 0) is 22.7 Å². The number of hydrogen-bond acceptors (Lipinski definition) is 8. The molecule has 2 atom stereocenters. The van der Waals surface area contributed by atoms with Crippen LogP contribution in [-0.4, -0.2) is 54.4 Å². The first-order chi connectivity index (χ1) is 23.4. The first-order valence-corrected chi connectivity index (χ1v) is 14.9. The highest BCUT2D eigenvalue weighted by Gasteiger charge is 2.37. The Balaban J connectivity index is 0.00000145. The summed E-state index contributed by atoms with van der Waals surface area (Å²) in [4.78, 5) is 42.3. The van der Waals surface area contributed by atoms with E-state index in [-0.39, 0.29) is 36.5 Å². The molecule has 13 heteroatoms. The van der Waals surface area contributed by atoms with Crippen LogP contribution in [0.5, 0.6) is 0 Å². The maximum absolute atomic E-state index is 13.4. The molecule has 1 saturated carbocycles. The largest absolute Gasteiger partial charge is 0.483 e. The lowest BCUT2D eigenvalue weighted by Crippen LogP contribution is -2.25. The Kier molecular flexibility index (Phi) is 11.1. The van der Waals surface area contributed by atoms with Crippen LogP contribution in [0.1, 0.15) is 45.2 Å². The predicted octanol–water partition coefficient (Wildman–Crippen LogP) is 4.26. The summed E-state index contributed by atoms with van der Waals surface area (Å²) in [6.45, 7) is 0.458. The number of nitrogens with zero attached hydrogens (tertiary/aromatic N) is 4. The summed E-state index contributed by atoms with van der Waals surface area (Å²) in [7, 11) is 0. The van der Waals surface area contributed by atoms with Crippen LogP contribution in [0.2, 0.25) is 0 Å². The van der Waals surface area contributed by atoms with E-state index in [0.717, 1.165) is 34.4 Å². The second-order valence-corrected chi connectivity index (χ2v) is 10.8. The molecule has 3 aromatic carbocycles. The minimum atomic E-state index is -0.621. The number of amides is 2. The van der Waals surface area contributed by atoms with E-state index < -0.39 is 5.91 Å². The van der Waals surface area contributed by atoms with Crippen molar-refractivity contribution >= 4 is 24.4 Å². The van der Waals surface area contributed by atoms with E-state index in [1.165, 1.54) is 18.2 Å². The number of carbonyl (C=O) groups excluding carboxylic acids is 2. The van der Waals surface area contributed by atoms with Crippen molar-refractivity contribution in [1.29, 1.82) is 0 Å². The first-order valence-electron chi connectivity index (χ1n) is 14.9. The van der Waals surface area contributed by atoms with Crippen LogP contribution in [0.25, 0.3) is 23.2 Å². The predicted molar refractivity (Wildman–Crippen MR) is 174 cm³/mol. The zero-order chi connectivity index (χ0) is 33.9. The number of halogens is 1. The van der Waals surface area contributed by atoms with Gasteiger partial charge < -0.3 is 15.7 Å². The Morgan fingerprint density at radius 1 is 0.979 bits per heavy atom. The molecule has 0 unspecified atom stereocenters. The maximum atomic E-state index is 13.4. The topological polar surface area (TPSA) is 171 Å². The first kappa shape index (κ1) is 33.3. The minimum Gasteiger partial charge on any atom is -0.483 e. The molecule has 244 valence electrons. The molecule has 6 rings (SSSR count). The number of hydroxylamine groups is 1. The Labute approximate surface area is 275 Å². The Morgan fingerprint density at radius 2 is 1.71 bits per heavy atom. The minimum absolute atomic E-state index is 0.232. The van der Waals surface area contributed by atoms with Gasteiger partial charge >= 0.3 is 0 Å². The van der Waals surface area contributed by atoms with Crippen LogP contribution in [0.3, 0.4) is 0 Å². The summed E-state index contributed by atoms with van der Waals surface area (Å²) in [5.41, 5.74) is 6.83. The van der Waals surface area contributed by atoms with Crippen molar-refractivity contribution in [3.8, 4) is 17.1 Å². The van der Waals surface area contributed by atoms with Crippen LogP contribution in [0, 0.1) is 5.82 Å². The molecular weight excluding hydrogens is 617 g/mol. The summed E-state index contributed by atoms with van der Waals surface area (Å²) in [6.07, 6.45) is 7.29. The molecule has 0 spiro atoms. The molecule has 5 aromatic rings. The molecule has 0 saturated heterocycles. The highest BCUT2D eigenvalue weighted by Crippen LogP contribution is 2.40. The van der Waals surface area contributed by atoms with Crippen molar-refractivity contribution < 1.29 is 29.1 Å². The van der Waals surface area contributed by atoms with E-state index in [9.17, 15) is 14.0 Å². The lowest BCUT2D eigenvalue weighted by molar-refractivity contribution is -0.124. The molecule has 48 heavy (non-hydrogen) atoms. The summed E-state index contributed by atoms with van der Waals surface area (Å²) in [6, 6.07) is 25.3. The standard InChI is InChI=1S/C34H30FN7O3.CH2O2/c35-26-11-7-24(8-12-26)29-19-30(29)36-21-27-18-31(34(44)37-20-23-4-2-22(3-5-23)6-15-32(43)41-45)40-33(39-27)25-9-13-28(14-10-25)42-17-1-16-38-42;2-1-3/h1-18,29-30,36,45H,19-21H2,(H,37,44)(H,41,43);1H,(H,2,3)/b15-6+;/t29-,30+;/m0./s1. The van der Waals surface area contributed by atoms with Crippen LogP contribution < -0.4 is 16.1 Å². The van der Waals surface area contributed by atoms with E-state index in [0.29, 0.717) is 24.0 Å². The molecule has 12 nitrogen and oxygen atoms in total. The highest BCUT2D eigenvalue weighted by molar-refractivity contribution is 5.93. The van der Waals surface area contributed by atoms with Gasteiger partial charge in [0, 0.05) is 49.1 Å². The molecule has 5 N–H and O–H groups in total. The lowest BCUT2D eigenvalue weighted by Gasteiger charge is -2.11. The number of hydrogen-bond donors (Lipinski definition) is 5. The van der Waals surface area contributed by atoms with E-state index >= 15 is 0 Å². The normalized spacial score (nSPS) is 14.9. The molecule has 1 aliphatic rings. The van der Waals surface area contributed by atoms with Gasteiger partial charge in [-0.15, -0.1) is 0 Å². The number of carbonyl (C=O) groups is 3. The quantitative estimate of drug-likeness (QED) is 0.0607. The van der Waals surface area contributed by atoms with Crippen molar-refractivity contribution in [2.45, 2.75) is 31.5 Å². The fourth-order valence-electron chi connectivity index (χ4n) is 4.98. The second-order valence-electron chi connectivity index (χ2n) is 10.8. The van der Waals surface area contributed by atoms with E-state index in [1.54, 1.807) is 40.6 Å². The fraction of sp³-hybridized carbons (Fsp3) is 0.143. The van der Waals surface area contributed by atoms with Gasteiger partial charge in [0.2, 0.25) is 0 Å². The van der Waals surface area contributed by atoms with Crippen molar-refractivity contribution in [2.75, 3.05) is 0 Å². The molecule has 1 aliphatic carbocycles. The molecule has 2 amide bonds. The highest BCUT2D eigenvalue weighted by atomic mass is 19.1. The number of carboxylic acid groups (broad SMARTS) is 1. The van der Waals surface area contributed by atoms with Crippen molar-refractivity contribution in [3.63, 3.8) is 0 Å². The monoisotopic (exact) mass is 649 g/mol. The molecule has 2 aromatic heterocycles. The van der Waals surface area contributed by atoms with Gasteiger partial charge in [-0.05, 0) is 77.7 Å². The van der Waals surface area contributed by atoms with Crippen molar-refractivity contribution in [3.05, 3.63) is 137 Å². The van der Waals surface area contributed by atoms with E-state index in [4.69, 9.17) is 20.1 Å². The number of rotatable bonds is 11. The molecular formula is C35H32FN7O5. The van der Waals surface area contributed by atoms with Crippen LogP contribution in [0.4, 0.5) is 4.39 Å². The summed E-state index contributed by atoms with van der Waals surface area (Å²) >= 11 is 0. The van der Waals surface area contributed by atoms with Gasteiger partial charge in [0.05, 0.1) is 11.4 Å². The summed E-state index contributed by atoms with van der Waals surface area (Å²) in [5, 5.41) is 26.2. The fourth-order valence-corrected chi connectivity index (χ4v) is 4.98. The number of benzene rings is 3. The third-order valence-electron chi connectivity index (χ3n) is 7.51. The van der Waals surface area contributed by atoms with Gasteiger partial charge in [0.1, 0.15) is 11.5 Å². The van der Waals surface area contributed by atoms with Gasteiger partial charge in [-0.2, -0.15) is 5.10 Å². The zero-order valence-corrected chi connectivity index (χ0v) is 25.5. The zero-order valence-electron chi connectivity index (χ0n) is 25.5. The SMILES string of the molecule is O=C(/C=C/c1ccc(CNC(=O)c2cc(CN[C@@H]3C[C@H]3c3ccc(F)cc3)nc(-c3ccc(-n4cccn4)cc3)n2)cc1)NO.O=CO. The van der Waals surface area contributed by atoms with Crippen molar-refractivity contribution in [1.82, 2.24) is 35.9 Å². The molecule has 2 heterocycles. The molecule has 1 fully saturated rings. The Morgan fingerprint density at radius 3 is 2.38 bits per heavy atom. The average molecular weight is 650 g/mol. The summed E-state index contributed by atoms with van der Waals surface area (Å²) in [5.74, 6) is -0.477. The number of nitrogens with one attached hydrogen (secondary N) is 3. The van der Waals surface area contributed by atoms with Gasteiger partial charge in [-0.1, -0.05) is 36.4 Å². The van der Waals surface area contributed by atoms with Gasteiger partial charge in [-0.3, -0.25) is 19.6 Å². The van der Waals surface area contributed by atoms with Crippen LogP contribution >= 0.6 is 0 Å².